The normalized spacial score (nSPS) is 11.5. The van der Waals surface area contributed by atoms with Crippen molar-refractivity contribution in [3.8, 4) is 11.5 Å². The Labute approximate surface area is 228 Å². The molecule has 0 radical (unpaired) electrons. The fraction of sp³-hybridized carbons (Fsp3) is 0.657. The first-order valence-electron chi connectivity index (χ1n) is 15.7. The van der Waals surface area contributed by atoms with E-state index in [9.17, 15) is 10.2 Å². The van der Waals surface area contributed by atoms with Gasteiger partial charge in [-0.05, 0) is 66.5 Å². The van der Waals surface area contributed by atoms with E-state index in [2.05, 4.69) is 45.0 Å². The number of phenolic OH excluding ortho intramolecular Hbond substituents is 2. The summed E-state index contributed by atoms with van der Waals surface area (Å²) in [5.41, 5.74) is 4.76. The highest BCUT2D eigenvalue weighted by Crippen LogP contribution is 2.35. The van der Waals surface area contributed by atoms with Crippen LogP contribution in [-0.2, 0) is 12.8 Å². The van der Waals surface area contributed by atoms with Crippen molar-refractivity contribution >= 4 is 0 Å². The molecule has 0 fully saturated rings. The summed E-state index contributed by atoms with van der Waals surface area (Å²) in [6.45, 7) is 6.68. The summed E-state index contributed by atoms with van der Waals surface area (Å²) in [6, 6.07) is 12.5. The molecule has 37 heavy (non-hydrogen) atoms. The minimum atomic E-state index is 0.310. The topological polar surface area (TPSA) is 40.5 Å². The van der Waals surface area contributed by atoms with Gasteiger partial charge < -0.3 is 10.2 Å². The maximum absolute atomic E-state index is 10.4. The molecule has 0 aliphatic carbocycles. The van der Waals surface area contributed by atoms with Gasteiger partial charge in [-0.1, -0.05) is 135 Å². The number of phenols is 2. The summed E-state index contributed by atoms with van der Waals surface area (Å²) in [7, 11) is 0. The van der Waals surface area contributed by atoms with Crippen LogP contribution in [0.4, 0.5) is 0 Å². The molecule has 0 bridgehead atoms. The molecule has 2 aromatic rings. The van der Waals surface area contributed by atoms with Gasteiger partial charge in [0.1, 0.15) is 11.5 Å². The number of aryl methyl sites for hydroxylation is 2. The third kappa shape index (κ3) is 12.0. The molecular weight excluding hydrogens is 452 g/mol. The molecule has 0 aromatic heterocycles. The fourth-order valence-electron chi connectivity index (χ4n) is 5.49. The van der Waals surface area contributed by atoms with E-state index in [1.54, 1.807) is 0 Å². The molecule has 0 atom stereocenters. The van der Waals surface area contributed by atoms with Crippen molar-refractivity contribution in [2.24, 2.45) is 0 Å². The average Bonchev–Trinajstić information content (AvgIpc) is 2.91. The molecule has 0 aliphatic rings. The highest BCUT2D eigenvalue weighted by molar-refractivity contribution is 5.44. The Hall–Kier alpha value is -1.96. The smallest absolute Gasteiger partial charge is 0.118 e. The first-order chi connectivity index (χ1) is 18.1. The van der Waals surface area contributed by atoms with E-state index in [4.69, 9.17) is 0 Å². The lowest BCUT2D eigenvalue weighted by atomic mass is 9.84. The molecule has 2 rings (SSSR count). The third-order valence-electron chi connectivity index (χ3n) is 7.96. The largest absolute Gasteiger partial charge is 0.508 e. The van der Waals surface area contributed by atoms with E-state index in [1.165, 1.54) is 88.2 Å². The molecule has 2 N–H and O–H groups in total. The average molecular weight is 509 g/mol. The molecule has 208 valence electrons. The maximum atomic E-state index is 10.4. The van der Waals surface area contributed by atoms with Gasteiger partial charge in [-0.2, -0.15) is 0 Å². The summed E-state index contributed by atoms with van der Waals surface area (Å²) in [5, 5.41) is 20.9. The second kappa shape index (κ2) is 19.2. The number of hydrogen-bond donors (Lipinski definition) is 2. The number of benzene rings is 2. The van der Waals surface area contributed by atoms with Crippen molar-refractivity contribution in [1.82, 2.24) is 0 Å². The van der Waals surface area contributed by atoms with Crippen LogP contribution in [0.25, 0.3) is 0 Å². The summed E-state index contributed by atoms with van der Waals surface area (Å²) in [4.78, 5) is 0. The van der Waals surface area contributed by atoms with Crippen LogP contribution in [0.3, 0.4) is 0 Å². The minimum Gasteiger partial charge on any atom is -0.508 e. The molecule has 2 nitrogen and oxygen atoms in total. The molecule has 0 saturated carbocycles. The Kier molecular flexibility index (Phi) is 16.2. The van der Waals surface area contributed by atoms with Gasteiger partial charge in [0.25, 0.3) is 0 Å². The van der Waals surface area contributed by atoms with Gasteiger partial charge in [0.15, 0.2) is 0 Å². The van der Waals surface area contributed by atoms with Crippen molar-refractivity contribution < 1.29 is 10.2 Å². The number of unbranched alkanes of at least 4 members (excludes halogenated alkanes) is 13. The Balaban J connectivity index is 1.97. The van der Waals surface area contributed by atoms with Crippen LogP contribution >= 0.6 is 0 Å². The number of rotatable bonds is 21. The van der Waals surface area contributed by atoms with Crippen LogP contribution in [0.5, 0.6) is 11.5 Å². The lowest BCUT2D eigenvalue weighted by molar-refractivity contribution is 0.466. The molecule has 0 unspecified atom stereocenters. The van der Waals surface area contributed by atoms with Crippen molar-refractivity contribution in [3.05, 3.63) is 58.7 Å². The molecule has 2 aromatic carbocycles. The molecule has 0 aliphatic heterocycles. The van der Waals surface area contributed by atoms with Crippen molar-refractivity contribution in [3.63, 3.8) is 0 Å². The highest BCUT2D eigenvalue weighted by Gasteiger charge is 2.17. The molecule has 0 amide bonds. The first-order valence-corrected chi connectivity index (χ1v) is 15.7. The summed E-state index contributed by atoms with van der Waals surface area (Å²) in [6.07, 6.45) is 23.8. The van der Waals surface area contributed by atoms with Gasteiger partial charge >= 0.3 is 0 Å². The van der Waals surface area contributed by atoms with Gasteiger partial charge in [-0.3, -0.25) is 0 Å². The molecule has 0 heterocycles. The lowest BCUT2D eigenvalue weighted by Crippen LogP contribution is -2.04. The van der Waals surface area contributed by atoms with Crippen LogP contribution in [0, 0.1) is 0 Å². The minimum absolute atomic E-state index is 0.310. The maximum Gasteiger partial charge on any atom is 0.118 e. The monoisotopic (exact) mass is 508 g/mol. The Morgan fingerprint density at radius 1 is 0.486 bits per heavy atom. The van der Waals surface area contributed by atoms with E-state index in [-0.39, 0.29) is 0 Å². The van der Waals surface area contributed by atoms with Crippen molar-refractivity contribution in [2.75, 3.05) is 0 Å². The molecular formula is C35H56O2. The van der Waals surface area contributed by atoms with Crippen LogP contribution in [-0.4, -0.2) is 10.2 Å². The summed E-state index contributed by atoms with van der Waals surface area (Å²) >= 11 is 0. The molecule has 0 saturated heterocycles. The van der Waals surface area contributed by atoms with E-state index < -0.39 is 0 Å². The lowest BCUT2D eigenvalue weighted by Gasteiger charge is -2.21. The highest BCUT2D eigenvalue weighted by atomic mass is 16.3. The fourth-order valence-corrected chi connectivity index (χ4v) is 5.49. The summed E-state index contributed by atoms with van der Waals surface area (Å²) < 4.78 is 0. The Morgan fingerprint density at radius 3 is 1.27 bits per heavy atom. The molecule has 0 spiro atoms. The zero-order chi connectivity index (χ0) is 26.7. The van der Waals surface area contributed by atoms with Gasteiger partial charge in [0.05, 0.1) is 0 Å². The standard InChI is InChI=1S/C35H56O2/c1-4-7-10-11-12-13-14-15-16-17-18-19-22-33(29-23-25-34(36)31(27-29)20-8-5-2)30-24-26-35(37)32(28-30)21-9-6-3/h23-28,33,36-37H,4-22H2,1-3H3. The van der Waals surface area contributed by atoms with Gasteiger partial charge in [0, 0.05) is 5.92 Å². The zero-order valence-corrected chi connectivity index (χ0v) is 24.4. The number of hydrogen-bond acceptors (Lipinski definition) is 2. The first kappa shape index (κ1) is 31.3. The van der Waals surface area contributed by atoms with Gasteiger partial charge in [-0.15, -0.1) is 0 Å². The van der Waals surface area contributed by atoms with Gasteiger partial charge in [-0.25, -0.2) is 0 Å². The predicted octanol–water partition coefficient (Wildman–Crippen LogP) is 11.0. The summed E-state index contributed by atoms with van der Waals surface area (Å²) in [5.74, 6) is 1.16. The van der Waals surface area contributed by atoms with Crippen molar-refractivity contribution in [2.45, 2.75) is 149 Å². The zero-order valence-electron chi connectivity index (χ0n) is 24.4. The molecule has 2 heteroatoms. The van der Waals surface area contributed by atoms with E-state index in [0.29, 0.717) is 17.4 Å². The van der Waals surface area contributed by atoms with Crippen LogP contribution < -0.4 is 0 Å². The van der Waals surface area contributed by atoms with E-state index in [0.717, 1.165) is 56.1 Å². The van der Waals surface area contributed by atoms with E-state index >= 15 is 0 Å². The third-order valence-corrected chi connectivity index (χ3v) is 7.96. The number of aromatic hydroxyl groups is 2. The van der Waals surface area contributed by atoms with Crippen molar-refractivity contribution in [1.29, 1.82) is 0 Å². The van der Waals surface area contributed by atoms with Crippen LogP contribution in [0.2, 0.25) is 0 Å². The second-order valence-electron chi connectivity index (χ2n) is 11.2. The Morgan fingerprint density at radius 2 is 0.865 bits per heavy atom. The van der Waals surface area contributed by atoms with Crippen LogP contribution in [0.15, 0.2) is 36.4 Å². The second-order valence-corrected chi connectivity index (χ2v) is 11.2. The van der Waals surface area contributed by atoms with E-state index in [1.807, 2.05) is 12.1 Å². The SMILES string of the molecule is CCCCCCCCCCCCCCC(c1ccc(O)c(CCCC)c1)c1ccc(O)c(CCCC)c1. The Bertz CT molecular complexity index is 799. The predicted molar refractivity (Wildman–Crippen MR) is 161 cm³/mol. The van der Waals surface area contributed by atoms with Gasteiger partial charge in [0.2, 0.25) is 0 Å². The quantitative estimate of drug-likeness (QED) is 0.165. The van der Waals surface area contributed by atoms with Crippen LogP contribution in [0.1, 0.15) is 158 Å².